The number of aromatic amines is 1. The highest BCUT2D eigenvalue weighted by molar-refractivity contribution is 7.89. The summed E-state index contributed by atoms with van der Waals surface area (Å²) in [5, 5.41) is 10.1. The van der Waals surface area contributed by atoms with Crippen molar-refractivity contribution in [2.24, 2.45) is 10.3 Å². The standard InChI is InChI=1S/C14H12ClN5O5S3/c15-7-2-1-6(5-10(7)28(18,24)25)13(21)20-8-3-4-9(27(17,22)23)11(16)12(8)19-14(20)26/h1-5H,16H2,(H,19,26)(H2,17,22,23)(H2,18,24,25). The van der Waals surface area contributed by atoms with E-state index in [1.165, 1.54) is 18.2 Å². The van der Waals surface area contributed by atoms with E-state index < -0.39 is 30.8 Å². The van der Waals surface area contributed by atoms with Gasteiger partial charge in [-0.1, -0.05) is 11.6 Å². The number of sulfonamides is 2. The van der Waals surface area contributed by atoms with Gasteiger partial charge >= 0.3 is 0 Å². The van der Waals surface area contributed by atoms with E-state index in [4.69, 9.17) is 39.8 Å². The molecule has 10 nitrogen and oxygen atoms in total. The van der Waals surface area contributed by atoms with Crippen molar-refractivity contribution >= 4 is 66.5 Å². The topological polar surface area (TPSA) is 184 Å². The molecule has 0 aliphatic rings. The molecule has 1 heterocycles. The Kier molecular flexibility index (Phi) is 4.85. The SMILES string of the molecule is Nc1c(S(N)(=O)=O)ccc2c1[nH]c(=S)n2C(=O)c1ccc(Cl)c(S(N)(=O)=O)c1. The number of carbonyl (C=O) groups is 1. The maximum Gasteiger partial charge on any atom is 0.264 e. The third-order valence-corrected chi connectivity index (χ3v) is 6.50. The Morgan fingerprint density at radius 3 is 2.21 bits per heavy atom. The fraction of sp³-hybridized carbons (Fsp3) is 0. The smallest absolute Gasteiger partial charge is 0.264 e. The number of aromatic nitrogens is 2. The Bertz CT molecular complexity index is 1420. The van der Waals surface area contributed by atoms with E-state index in [0.29, 0.717) is 0 Å². The fourth-order valence-electron chi connectivity index (χ4n) is 2.61. The van der Waals surface area contributed by atoms with E-state index >= 15 is 0 Å². The van der Waals surface area contributed by atoms with Crippen LogP contribution in [0.3, 0.4) is 0 Å². The largest absolute Gasteiger partial charge is 0.396 e. The maximum absolute atomic E-state index is 12.9. The summed E-state index contributed by atoms with van der Waals surface area (Å²) >= 11 is 11.0. The zero-order valence-electron chi connectivity index (χ0n) is 13.7. The molecule has 0 spiro atoms. The van der Waals surface area contributed by atoms with E-state index in [-0.39, 0.29) is 37.0 Å². The van der Waals surface area contributed by atoms with Gasteiger partial charge in [0.15, 0.2) is 4.77 Å². The number of benzene rings is 2. The van der Waals surface area contributed by atoms with Gasteiger partial charge < -0.3 is 10.7 Å². The van der Waals surface area contributed by atoms with Crippen molar-refractivity contribution in [1.29, 1.82) is 0 Å². The molecular formula is C14H12ClN5O5S3. The van der Waals surface area contributed by atoms with Crippen molar-refractivity contribution < 1.29 is 21.6 Å². The molecular weight excluding hydrogens is 450 g/mol. The molecule has 28 heavy (non-hydrogen) atoms. The van der Waals surface area contributed by atoms with Crippen molar-refractivity contribution in [3.63, 3.8) is 0 Å². The summed E-state index contributed by atoms with van der Waals surface area (Å²) in [6.45, 7) is 0. The molecule has 7 N–H and O–H groups in total. The van der Waals surface area contributed by atoms with Gasteiger partial charge in [-0.25, -0.2) is 27.1 Å². The molecule has 0 unspecified atom stereocenters. The van der Waals surface area contributed by atoms with Crippen LogP contribution in [-0.2, 0) is 20.0 Å². The molecule has 14 heteroatoms. The molecule has 2 aromatic carbocycles. The van der Waals surface area contributed by atoms with Crippen LogP contribution in [0.5, 0.6) is 0 Å². The Morgan fingerprint density at radius 1 is 1.04 bits per heavy atom. The van der Waals surface area contributed by atoms with E-state index in [1.807, 2.05) is 0 Å². The molecule has 0 fully saturated rings. The highest BCUT2D eigenvalue weighted by Gasteiger charge is 2.22. The lowest BCUT2D eigenvalue weighted by molar-refractivity contribution is 0.0962. The number of nitrogens with two attached hydrogens (primary N) is 3. The average Bonchev–Trinajstić information content (AvgIpc) is 2.89. The molecule has 1 aromatic heterocycles. The van der Waals surface area contributed by atoms with Gasteiger partial charge in [0.1, 0.15) is 9.79 Å². The molecule has 0 saturated carbocycles. The van der Waals surface area contributed by atoms with Gasteiger partial charge in [0.05, 0.1) is 21.7 Å². The lowest BCUT2D eigenvalue weighted by Gasteiger charge is -2.08. The highest BCUT2D eigenvalue weighted by Crippen LogP contribution is 2.28. The number of primary sulfonamides is 2. The first-order valence-electron chi connectivity index (χ1n) is 7.25. The average molecular weight is 462 g/mol. The van der Waals surface area contributed by atoms with Gasteiger partial charge in [0.2, 0.25) is 20.0 Å². The van der Waals surface area contributed by atoms with Crippen LogP contribution in [0.2, 0.25) is 5.02 Å². The normalized spacial score (nSPS) is 12.4. The summed E-state index contributed by atoms with van der Waals surface area (Å²) in [4.78, 5) is 14.8. The quantitative estimate of drug-likeness (QED) is 0.329. The first kappa shape index (κ1) is 20.4. The number of halogens is 1. The van der Waals surface area contributed by atoms with Gasteiger partial charge in [-0.3, -0.25) is 9.36 Å². The van der Waals surface area contributed by atoms with Crippen LogP contribution in [0.4, 0.5) is 5.69 Å². The van der Waals surface area contributed by atoms with Gasteiger partial charge in [-0.15, -0.1) is 0 Å². The second kappa shape index (κ2) is 6.65. The third kappa shape index (κ3) is 3.43. The lowest BCUT2D eigenvalue weighted by Crippen LogP contribution is -2.17. The Balaban J connectivity index is 2.26. The van der Waals surface area contributed by atoms with Crippen LogP contribution >= 0.6 is 23.8 Å². The Morgan fingerprint density at radius 2 is 1.64 bits per heavy atom. The summed E-state index contributed by atoms with van der Waals surface area (Å²) < 4.78 is 47.4. The number of hydrogen-bond donors (Lipinski definition) is 4. The van der Waals surface area contributed by atoms with E-state index in [1.54, 1.807) is 0 Å². The lowest BCUT2D eigenvalue weighted by atomic mass is 10.2. The third-order valence-electron chi connectivity index (χ3n) is 3.85. The van der Waals surface area contributed by atoms with Crippen LogP contribution in [0.1, 0.15) is 10.4 Å². The number of hydrogen-bond acceptors (Lipinski definition) is 7. The number of H-pyrrole nitrogens is 1. The Labute approximate surface area is 169 Å². The van der Waals surface area contributed by atoms with Gasteiger partial charge in [-0.05, 0) is 42.5 Å². The number of carbonyl (C=O) groups excluding carboxylic acids is 1. The molecule has 0 radical (unpaired) electrons. The van der Waals surface area contributed by atoms with E-state index in [0.717, 1.165) is 16.7 Å². The second-order valence-corrected chi connectivity index (χ2v) is 9.53. The molecule has 0 saturated heterocycles. The van der Waals surface area contributed by atoms with Crippen LogP contribution in [-0.4, -0.2) is 32.3 Å². The number of anilines is 1. The predicted molar refractivity (Wildman–Crippen MR) is 105 cm³/mol. The van der Waals surface area contributed by atoms with E-state index in [2.05, 4.69) is 4.98 Å². The van der Waals surface area contributed by atoms with Crippen LogP contribution < -0.4 is 16.0 Å². The van der Waals surface area contributed by atoms with Crippen molar-refractivity contribution in [2.45, 2.75) is 9.79 Å². The van der Waals surface area contributed by atoms with Crippen LogP contribution in [0.15, 0.2) is 40.1 Å². The highest BCUT2D eigenvalue weighted by atomic mass is 35.5. The summed E-state index contributed by atoms with van der Waals surface area (Å²) in [5.74, 6) is -0.708. The zero-order valence-corrected chi connectivity index (χ0v) is 16.9. The second-order valence-electron chi connectivity index (χ2n) is 5.68. The summed E-state index contributed by atoms with van der Waals surface area (Å²) in [6.07, 6.45) is 0. The zero-order chi connectivity index (χ0) is 21.0. The minimum atomic E-state index is -4.17. The molecule has 0 aliphatic heterocycles. The number of rotatable bonds is 3. The summed E-state index contributed by atoms with van der Waals surface area (Å²) in [7, 11) is -8.26. The molecule has 0 amide bonds. The van der Waals surface area contributed by atoms with Crippen LogP contribution in [0.25, 0.3) is 11.0 Å². The van der Waals surface area contributed by atoms with Gasteiger partial charge in [-0.2, -0.15) is 0 Å². The summed E-state index contributed by atoms with van der Waals surface area (Å²) in [5.41, 5.74) is 5.84. The van der Waals surface area contributed by atoms with Gasteiger partial charge in [0.25, 0.3) is 5.91 Å². The maximum atomic E-state index is 12.9. The van der Waals surface area contributed by atoms with Gasteiger partial charge in [0, 0.05) is 5.56 Å². The van der Waals surface area contributed by atoms with E-state index in [9.17, 15) is 21.6 Å². The fourth-order valence-corrected chi connectivity index (χ4v) is 4.63. The monoisotopic (exact) mass is 461 g/mol. The number of imidazole rings is 1. The van der Waals surface area contributed by atoms with Crippen molar-refractivity contribution in [3.05, 3.63) is 45.7 Å². The number of nitrogen functional groups attached to an aromatic ring is 1. The first-order chi connectivity index (χ1) is 12.8. The molecule has 3 rings (SSSR count). The number of nitrogens with one attached hydrogen (secondary N) is 1. The molecule has 3 aromatic rings. The van der Waals surface area contributed by atoms with Crippen molar-refractivity contribution in [2.75, 3.05) is 5.73 Å². The Hall–Kier alpha value is -2.29. The molecule has 0 bridgehead atoms. The summed E-state index contributed by atoms with van der Waals surface area (Å²) in [6, 6.07) is 5.95. The minimum absolute atomic E-state index is 0.0699. The van der Waals surface area contributed by atoms with Crippen molar-refractivity contribution in [1.82, 2.24) is 9.55 Å². The molecule has 0 aliphatic carbocycles. The predicted octanol–water partition coefficient (Wildman–Crippen LogP) is 0.918. The minimum Gasteiger partial charge on any atom is -0.396 e. The first-order valence-corrected chi connectivity index (χ1v) is 11.1. The van der Waals surface area contributed by atoms with Crippen LogP contribution in [0, 0.1) is 4.77 Å². The number of nitrogens with zero attached hydrogens (tertiary/aromatic N) is 1. The number of fused-ring (bicyclic) bond motifs is 1. The molecule has 148 valence electrons. The molecule has 0 atom stereocenters. The van der Waals surface area contributed by atoms with Crippen molar-refractivity contribution in [3.8, 4) is 0 Å².